The summed E-state index contributed by atoms with van der Waals surface area (Å²) in [4.78, 5) is 2.02. The van der Waals surface area contributed by atoms with E-state index >= 15 is 0 Å². The summed E-state index contributed by atoms with van der Waals surface area (Å²) in [6.45, 7) is 4.42. The van der Waals surface area contributed by atoms with E-state index in [1.807, 2.05) is 4.90 Å². The van der Waals surface area contributed by atoms with Crippen LogP contribution in [0.3, 0.4) is 0 Å². The minimum absolute atomic E-state index is 0.872. The third kappa shape index (κ3) is 0.831. The lowest BCUT2D eigenvalue weighted by Crippen LogP contribution is -2.44. The van der Waals surface area contributed by atoms with Gasteiger partial charge in [-0.1, -0.05) is 6.92 Å². The predicted octanol–water partition coefficient (Wildman–Crippen LogP) is 0.935. The molecule has 1 N–H and O–H groups in total. The fourth-order valence-corrected chi connectivity index (χ4v) is 0.973. The van der Waals surface area contributed by atoms with Crippen molar-refractivity contribution in [3.05, 3.63) is 0 Å². The summed E-state index contributed by atoms with van der Waals surface area (Å²) < 4.78 is 0. The molecule has 0 aliphatic carbocycles. The molecule has 8 heavy (non-hydrogen) atoms. The topological polar surface area (TPSA) is 27.1 Å². The first-order chi connectivity index (χ1) is 3.86. The van der Waals surface area contributed by atoms with Gasteiger partial charge in [0.25, 0.3) is 0 Å². The summed E-state index contributed by atoms with van der Waals surface area (Å²) in [5.41, 5.74) is 0. The Kier molecular flexibility index (Phi) is 1.51. The summed E-state index contributed by atoms with van der Waals surface area (Å²) in [6.07, 6.45) is 2.69. The lowest BCUT2D eigenvalue weighted by Gasteiger charge is -2.36. The van der Waals surface area contributed by atoms with Crippen LogP contribution in [0.15, 0.2) is 0 Å². The lowest BCUT2D eigenvalue weighted by atomic mass is 9.99. The second kappa shape index (κ2) is 2.16. The van der Waals surface area contributed by atoms with E-state index in [9.17, 15) is 0 Å². The van der Waals surface area contributed by atoms with Gasteiger partial charge >= 0.3 is 0 Å². The fraction of sp³-hybridized carbons (Fsp3) is 0.833. The molecule has 0 atom stereocenters. The van der Waals surface area contributed by atoms with E-state index in [-0.39, 0.29) is 0 Å². The van der Waals surface area contributed by atoms with Crippen molar-refractivity contribution < 1.29 is 0 Å². The van der Waals surface area contributed by atoms with Crippen LogP contribution >= 0.6 is 0 Å². The Morgan fingerprint density at radius 1 is 1.75 bits per heavy atom. The van der Waals surface area contributed by atoms with Gasteiger partial charge in [-0.05, 0) is 12.3 Å². The Morgan fingerprint density at radius 2 is 2.38 bits per heavy atom. The van der Waals surface area contributed by atoms with Crippen molar-refractivity contribution in [1.82, 2.24) is 4.90 Å². The molecule has 1 heterocycles. The molecule has 0 aromatic heterocycles. The van der Waals surface area contributed by atoms with Crippen molar-refractivity contribution in [3.8, 4) is 0 Å². The molecular formula is C6H12N2. The lowest BCUT2D eigenvalue weighted by molar-refractivity contribution is 0.189. The fourth-order valence-electron chi connectivity index (χ4n) is 0.973. The molecule has 2 heteroatoms. The Labute approximate surface area is 50.0 Å². The average Bonchev–Trinajstić information content (AvgIpc) is 1.65. The molecule has 0 saturated carbocycles. The van der Waals surface area contributed by atoms with Crippen LogP contribution in [0.25, 0.3) is 0 Å². The standard InChI is InChI=1S/C6H12N2/c1-2-6-3-8(4-6)5-7/h5-7H,2-4H2,1H3. The molecule has 46 valence electrons. The molecule has 0 aromatic rings. The molecular weight excluding hydrogens is 100 g/mol. The van der Waals surface area contributed by atoms with Gasteiger partial charge in [0.05, 0.1) is 6.34 Å². The molecule has 0 spiro atoms. The molecule has 0 amide bonds. The number of nitrogens with one attached hydrogen (secondary N) is 1. The second-order valence-corrected chi connectivity index (χ2v) is 2.36. The maximum atomic E-state index is 6.83. The number of likely N-dealkylation sites (tertiary alicyclic amines) is 1. The SMILES string of the molecule is CCC1CN(C=N)C1. The van der Waals surface area contributed by atoms with Crippen LogP contribution in [-0.2, 0) is 0 Å². The average molecular weight is 112 g/mol. The number of nitrogens with zero attached hydrogens (tertiary/aromatic N) is 1. The van der Waals surface area contributed by atoms with E-state index in [0.29, 0.717) is 0 Å². The smallest absolute Gasteiger partial charge is 0.0817 e. The summed E-state index contributed by atoms with van der Waals surface area (Å²) in [5, 5.41) is 6.83. The van der Waals surface area contributed by atoms with Crippen molar-refractivity contribution >= 4 is 6.34 Å². The van der Waals surface area contributed by atoms with Gasteiger partial charge in [-0.2, -0.15) is 0 Å². The molecule has 1 rings (SSSR count). The zero-order valence-electron chi connectivity index (χ0n) is 5.22. The molecule has 0 unspecified atom stereocenters. The van der Waals surface area contributed by atoms with Crippen LogP contribution in [0.5, 0.6) is 0 Å². The molecule has 0 bridgehead atoms. The van der Waals surface area contributed by atoms with Crippen molar-refractivity contribution in [2.24, 2.45) is 5.92 Å². The highest BCUT2D eigenvalue weighted by molar-refractivity contribution is 5.51. The first-order valence-corrected chi connectivity index (χ1v) is 3.11. The number of hydrogen-bond donors (Lipinski definition) is 1. The predicted molar refractivity (Wildman–Crippen MR) is 34.1 cm³/mol. The van der Waals surface area contributed by atoms with Crippen LogP contribution in [0.4, 0.5) is 0 Å². The van der Waals surface area contributed by atoms with Gasteiger partial charge in [0.15, 0.2) is 0 Å². The van der Waals surface area contributed by atoms with Gasteiger partial charge in [0.1, 0.15) is 0 Å². The molecule has 1 saturated heterocycles. The van der Waals surface area contributed by atoms with E-state index in [1.54, 1.807) is 0 Å². The number of hydrogen-bond acceptors (Lipinski definition) is 1. The zero-order chi connectivity index (χ0) is 5.98. The summed E-state index contributed by atoms with van der Waals surface area (Å²) in [6, 6.07) is 0. The van der Waals surface area contributed by atoms with Gasteiger partial charge in [-0.3, -0.25) is 5.41 Å². The van der Waals surface area contributed by atoms with Gasteiger partial charge < -0.3 is 4.90 Å². The molecule has 1 fully saturated rings. The number of rotatable bonds is 2. The Morgan fingerprint density at radius 3 is 2.75 bits per heavy atom. The molecule has 1 aliphatic rings. The second-order valence-electron chi connectivity index (χ2n) is 2.36. The maximum Gasteiger partial charge on any atom is 0.0817 e. The first-order valence-electron chi connectivity index (χ1n) is 3.11. The third-order valence-electron chi connectivity index (χ3n) is 1.75. The van der Waals surface area contributed by atoms with E-state index in [2.05, 4.69) is 6.92 Å². The van der Waals surface area contributed by atoms with Crippen molar-refractivity contribution in [2.75, 3.05) is 13.1 Å². The molecule has 0 radical (unpaired) electrons. The Hall–Kier alpha value is -0.530. The van der Waals surface area contributed by atoms with Gasteiger partial charge in [-0.15, -0.1) is 0 Å². The van der Waals surface area contributed by atoms with Gasteiger partial charge in [0, 0.05) is 13.1 Å². The molecule has 0 aromatic carbocycles. The van der Waals surface area contributed by atoms with E-state index in [1.165, 1.54) is 12.8 Å². The quantitative estimate of drug-likeness (QED) is 0.417. The molecule has 1 aliphatic heterocycles. The largest absolute Gasteiger partial charge is 0.362 e. The van der Waals surface area contributed by atoms with E-state index in [4.69, 9.17) is 5.41 Å². The summed E-state index contributed by atoms with van der Waals surface area (Å²) in [5.74, 6) is 0.872. The van der Waals surface area contributed by atoms with Crippen molar-refractivity contribution in [1.29, 1.82) is 5.41 Å². The van der Waals surface area contributed by atoms with Crippen molar-refractivity contribution in [2.45, 2.75) is 13.3 Å². The normalized spacial score (nSPS) is 20.4. The third-order valence-corrected chi connectivity index (χ3v) is 1.75. The highest BCUT2D eigenvalue weighted by Gasteiger charge is 2.21. The van der Waals surface area contributed by atoms with Crippen molar-refractivity contribution in [3.63, 3.8) is 0 Å². The van der Waals surface area contributed by atoms with E-state index < -0.39 is 0 Å². The summed E-state index contributed by atoms with van der Waals surface area (Å²) in [7, 11) is 0. The Balaban J connectivity index is 2.11. The van der Waals surface area contributed by atoms with Crippen LogP contribution in [0.2, 0.25) is 0 Å². The van der Waals surface area contributed by atoms with E-state index in [0.717, 1.165) is 19.0 Å². The van der Waals surface area contributed by atoms with Crippen LogP contribution in [-0.4, -0.2) is 24.3 Å². The zero-order valence-corrected chi connectivity index (χ0v) is 5.22. The highest BCUT2D eigenvalue weighted by Crippen LogP contribution is 2.15. The monoisotopic (exact) mass is 112 g/mol. The minimum Gasteiger partial charge on any atom is -0.362 e. The summed E-state index contributed by atoms with van der Waals surface area (Å²) >= 11 is 0. The van der Waals surface area contributed by atoms with Gasteiger partial charge in [0.2, 0.25) is 0 Å². The minimum atomic E-state index is 0.872. The van der Waals surface area contributed by atoms with Gasteiger partial charge in [-0.25, -0.2) is 0 Å². The highest BCUT2D eigenvalue weighted by atomic mass is 15.2. The molecule has 2 nitrogen and oxygen atoms in total. The van der Waals surface area contributed by atoms with Crippen LogP contribution in [0, 0.1) is 11.3 Å². The first kappa shape index (κ1) is 5.60. The maximum absolute atomic E-state index is 6.83. The van der Waals surface area contributed by atoms with Crippen LogP contribution in [0.1, 0.15) is 13.3 Å². The Bertz CT molecular complexity index is 84.5. The van der Waals surface area contributed by atoms with Crippen LogP contribution < -0.4 is 0 Å².